The van der Waals surface area contributed by atoms with Gasteiger partial charge in [0.1, 0.15) is 5.75 Å². The molecule has 1 aromatic carbocycles. The van der Waals surface area contributed by atoms with E-state index in [0.29, 0.717) is 18.7 Å². The molecule has 0 bridgehead atoms. The smallest absolute Gasteiger partial charge is 0.257 e. The summed E-state index contributed by atoms with van der Waals surface area (Å²) >= 11 is 0. The molecule has 1 amide bonds. The van der Waals surface area contributed by atoms with Crippen LogP contribution in [0.2, 0.25) is 0 Å². The number of phenolic OH excluding ortho intramolecular Hbond substituents is 1. The Morgan fingerprint density at radius 3 is 2.65 bits per heavy atom. The van der Waals surface area contributed by atoms with Crippen LogP contribution < -0.4 is 0 Å². The van der Waals surface area contributed by atoms with E-state index in [2.05, 4.69) is 0 Å². The summed E-state index contributed by atoms with van der Waals surface area (Å²) in [5.41, 5.74) is 1.22. The molecule has 94 valence electrons. The zero-order chi connectivity index (χ0) is 12.8. The molecule has 0 saturated heterocycles. The number of rotatable bonds is 5. The van der Waals surface area contributed by atoms with Gasteiger partial charge in [-0.3, -0.25) is 4.79 Å². The van der Waals surface area contributed by atoms with Crippen LogP contribution in [0.3, 0.4) is 0 Å². The van der Waals surface area contributed by atoms with Crippen LogP contribution in [0, 0.1) is 6.92 Å². The summed E-state index contributed by atoms with van der Waals surface area (Å²) in [5.74, 6) is -0.248. The SMILES string of the molecule is CCCN(CCO)C(=O)c1cc(C)ccc1O. The first-order valence-electron chi connectivity index (χ1n) is 5.80. The summed E-state index contributed by atoms with van der Waals surface area (Å²) in [6, 6.07) is 4.94. The van der Waals surface area contributed by atoms with Gasteiger partial charge in [0.05, 0.1) is 12.2 Å². The predicted octanol–water partition coefficient (Wildman–Crippen LogP) is 1.55. The van der Waals surface area contributed by atoms with Crippen molar-refractivity contribution in [3.05, 3.63) is 29.3 Å². The first-order valence-corrected chi connectivity index (χ1v) is 5.80. The lowest BCUT2D eigenvalue weighted by atomic mass is 10.1. The van der Waals surface area contributed by atoms with Gasteiger partial charge in [-0.25, -0.2) is 0 Å². The van der Waals surface area contributed by atoms with Crippen LogP contribution in [0.25, 0.3) is 0 Å². The monoisotopic (exact) mass is 237 g/mol. The number of aryl methyl sites for hydroxylation is 1. The lowest BCUT2D eigenvalue weighted by Crippen LogP contribution is -2.34. The van der Waals surface area contributed by atoms with Crippen LogP contribution in [0.1, 0.15) is 29.3 Å². The average Bonchev–Trinajstić information content (AvgIpc) is 2.31. The molecule has 0 spiro atoms. The van der Waals surface area contributed by atoms with Crippen molar-refractivity contribution < 1.29 is 15.0 Å². The zero-order valence-electron chi connectivity index (χ0n) is 10.3. The molecule has 4 nitrogen and oxygen atoms in total. The fourth-order valence-corrected chi connectivity index (χ4v) is 1.70. The van der Waals surface area contributed by atoms with Gasteiger partial charge < -0.3 is 15.1 Å². The van der Waals surface area contributed by atoms with Gasteiger partial charge >= 0.3 is 0 Å². The molecule has 0 aliphatic rings. The molecule has 0 aliphatic carbocycles. The third-order valence-corrected chi connectivity index (χ3v) is 2.53. The Morgan fingerprint density at radius 2 is 2.06 bits per heavy atom. The molecule has 0 unspecified atom stereocenters. The van der Waals surface area contributed by atoms with E-state index in [-0.39, 0.29) is 18.3 Å². The van der Waals surface area contributed by atoms with E-state index in [1.165, 1.54) is 6.07 Å². The van der Waals surface area contributed by atoms with Gasteiger partial charge in [-0.1, -0.05) is 18.6 Å². The van der Waals surface area contributed by atoms with Crippen LogP contribution in [0.5, 0.6) is 5.75 Å². The van der Waals surface area contributed by atoms with Crippen molar-refractivity contribution in [1.29, 1.82) is 0 Å². The molecule has 17 heavy (non-hydrogen) atoms. The van der Waals surface area contributed by atoms with Crippen LogP contribution in [-0.2, 0) is 0 Å². The van der Waals surface area contributed by atoms with Crippen LogP contribution in [0.4, 0.5) is 0 Å². The lowest BCUT2D eigenvalue weighted by molar-refractivity contribution is 0.0719. The Bertz CT molecular complexity index is 384. The minimum Gasteiger partial charge on any atom is -0.507 e. The second-order valence-corrected chi connectivity index (χ2v) is 4.04. The van der Waals surface area contributed by atoms with Crippen molar-refractivity contribution in [2.45, 2.75) is 20.3 Å². The fourth-order valence-electron chi connectivity index (χ4n) is 1.70. The molecule has 0 saturated carbocycles. The summed E-state index contributed by atoms with van der Waals surface area (Å²) in [4.78, 5) is 13.7. The molecule has 4 heteroatoms. The Balaban J connectivity index is 2.95. The van der Waals surface area contributed by atoms with Crippen molar-refractivity contribution in [3.63, 3.8) is 0 Å². The summed E-state index contributed by atoms with van der Waals surface area (Å²) in [6.07, 6.45) is 0.818. The molecule has 1 rings (SSSR count). The number of nitrogens with zero attached hydrogens (tertiary/aromatic N) is 1. The van der Waals surface area contributed by atoms with E-state index in [0.717, 1.165) is 12.0 Å². The minimum atomic E-state index is -0.234. The van der Waals surface area contributed by atoms with Gasteiger partial charge in [-0.15, -0.1) is 0 Å². The van der Waals surface area contributed by atoms with E-state index < -0.39 is 0 Å². The molecule has 1 aromatic rings. The minimum absolute atomic E-state index is 0.0142. The number of phenols is 1. The molecular formula is C13H19NO3. The van der Waals surface area contributed by atoms with E-state index in [9.17, 15) is 9.90 Å². The van der Waals surface area contributed by atoms with Gasteiger partial charge in [-0.2, -0.15) is 0 Å². The highest BCUT2D eigenvalue weighted by molar-refractivity contribution is 5.97. The summed E-state index contributed by atoms with van der Waals surface area (Å²) in [6.45, 7) is 4.63. The summed E-state index contributed by atoms with van der Waals surface area (Å²) in [7, 11) is 0. The number of hydrogen-bond donors (Lipinski definition) is 2. The fraction of sp³-hybridized carbons (Fsp3) is 0.462. The number of aliphatic hydroxyl groups is 1. The Labute approximate surface area is 101 Å². The number of benzene rings is 1. The Hall–Kier alpha value is -1.55. The first-order chi connectivity index (χ1) is 8.10. The van der Waals surface area contributed by atoms with E-state index >= 15 is 0 Å². The predicted molar refractivity (Wildman–Crippen MR) is 66.1 cm³/mol. The second kappa shape index (κ2) is 6.25. The van der Waals surface area contributed by atoms with Crippen molar-refractivity contribution in [2.75, 3.05) is 19.7 Å². The quantitative estimate of drug-likeness (QED) is 0.816. The number of carbonyl (C=O) groups excluding carboxylic acids is 1. The largest absolute Gasteiger partial charge is 0.507 e. The van der Waals surface area contributed by atoms with E-state index in [4.69, 9.17) is 5.11 Å². The van der Waals surface area contributed by atoms with E-state index in [1.54, 1.807) is 17.0 Å². The number of aliphatic hydroxyl groups excluding tert-OH is 1. The molecule has 2 N–H and O–H groups in total. The van der Waals surface area contributed by atoms with Crippen molar-refractivity contribution in [2.24, 2.45) is 0 Å². The molecule has 0 aromatic heterocycles. The second-order valence-electron chi connectivity index (χ2n) is 4.04. The Morgan fingerprint density at radius 1 is 1.35 bits per heavy atom. The molecule has 0 heterocycles. The normalized spacial score (nSPS) is 10.3. The van der Waals surface area contributed by atoms with Gasteiger partial charge in [0.15, 0.2) is 0 Å². The van der Waals surface area contributed by atoms with Crippen LogP contribution in [-0.4, -0.2) is 40.7 Å². The van der Waals surface area contributed by atoms with Crippen LogP contribution in [0.15, 0.2) is 18.2 Å². The van der Waals surface area contributed by atoms with Gasteiger partial charge in [0.2, 0.25) is 0 Å². The third kappa shape index (κ3) is 3.46. The molecular weight excluding hydrogens is 218 g/mol. The number of hydrogen-bond acceptors (Lipinski definition) is 3. The molecule has 0 aliphatic heterocycles. The number of carbonyl (C=O) groups is 1. The highest BCUT2D eigenvalue weighted by Crippen LogP contribution is 2.20. The van der Waals surface area contributed by atoms with Gasteiger partial charge in [-0.05, 0) is 25.5 Å². The van der Waals surface area contributed by atoms with E-state index in [1.807, 2.05) is 13.8 Å². The molecule has 0 radical (unpaired) electrons. The maximum absolute atomic E-state index is 12.2. The first kappa shape index (κ1) is 13.5. The zero-order valence-corrected chi connectivity index (χ0v) is 10.3. The highest BCUT2D eigenvalue weighted by Gasteiger charge is 2.17. The molecule has 0 fully saturated rings. The number of aromatic hydroxyl groups is 1. The molecule has 0 atom stereocenters. The average molecular weight is 237 g/mol. The summed E-state index contributed by atoms with van der Waals surface area (Å²) in [5, 5.41) is 18.6. The van der Waals surface area contributed by atoms with Crippen molar-refractivity contribution in [3.8, 4) is 5.75 Å². The Kier molecular flexibility index (Phi) is 4.97. The summed E-state index contributed by atoms with van der Waals surface area (Å²) < 4.78 is 0. The number of amides is 1. The highest BCUT2D eigenvalue weighted by atomic mass is 16.3. The topological polar surface area (TPSA) is 60.8 Å². The van der Waals surface area contributed by atoms with Gasteiger partial charge in [0, 0.05) is 13.1 Å². The van der Waals surface area contributed by atoms with Crippen molar-refractivity contribution >= 4 is 5.91 Å². The lowest BCUT2D eigenvalue weighted by Gasteiger charge is -2.21. The third-order valence-electron chi connectivity index (χ3n) is 2.53. The van der Waals surface area contributed by atoms with Crippen LogP contribution >= 0.6 is 0 Å². The maximum atomic E-state index is 12.2. The van der Waals surface area contributed by atoms with Crippen molar-refractivity contribution in [1.82, 2.24) is 4.90 Å². The standard InChI is InChI=1S/C13H19NO3/c1-3-6-14(7-8-15)13(17)11-9-10(2)4-5-12(11)16/h4-5,9,15-16H,3,6-8H2,1-2H3. The maximum Gasteiger partial charge on any atom is 0.257 e. The van der Waals surface area contributed by atoms with Gasteiger partial charge in [0.25, 0.3) is 5.91 Å².